The van der Waals surface area contributed by atoms with E-state index in [-0.39, 0.29) is 11.3 Å². The number of hydrogen-bond donors (Lipinski definition) is 1. The third kappa shape index (κ3) is 5.49. The van der Waals surface area contributed by atoms with E-state index in [0.717, 1.165) is 16.9 Å². The molecule has 0 unspecified atom stereocenters. The summed E-state index contributed by atoms with van der Waals surface area (Å²) in [6.07, 6.45) is 1.49. The third-order valence-electron chi connectivity index (χ3n) is 4.18. The van der Waals surface area contributed by atoms with Crippen LogP contribution in [0.25, 0.3) is 0 Å². The first-order chi connectivity index (χ1) is 14.0. The van der Waals surface area contributed by atoms with Gasteiger partial charge in [-0.2, -0.15) is 5.10 Å². The van der Waals surface area contributed by atoms with Gasteiger partial charge in [0.15, 0.2) is 0 Å². The summed E-state index contributed by atoms with van der Waals surface area (Å²) in [6.45, 7) is 2.10. The van der Waals surface area contributed by atoms with Crippen LogP contribution in [0.1, 0.15) is 27.0 Å². The van der Waals surface area contributed by atoms with Gasteiger partial charge >= 0.3 is 0 Å². The first kappa shape index (κ1) is 19.8. The largest absolute Gasteiger partial charge is 0.489 e. The smallest absolute Gasteiger partial charge is 0.273 e. The number of hydrogen-bond acceptors (Lipinski definition) is 5. The summed E-state index contributed by atoms with van der Waals surface area (Å²) in [6, 6.07) is 21.4. The molecule has 0 fully saturated rings. The topological polar surface area (TPSA) is 93.8 Å². The molecule has 0 heterocycles. The van der Waals surface area contributed by atoms with Crippen molar-refractivity contribution in [2.75, 3.05) is 0 Å². The molecule has 0 aliphatic rings. The Bertz CT molecular complexity index is 1030. The van der Waals surface area contributed by atoms with Crippen molar-refractivity contribution in [1.29, 1.82) is 0 Å². The SMILES string of the molecule is Cc1ccc(C(=O)N/N=C/c2ccc(OCc3ccccc3)cc2)cc1[N+](=O)[O-]. The summed E-state index contributed by atoms with van der Waals surface area (Å²) in [5, 5.41) is 14.9. The molecule has 0 aromatic heterocycles. The van der Waals surface area contributed by atoms with Crippen molar-refractivity contribution in [3.05, 3.63) is 105 Å². The van der Waals surface area contributed by atoms with E-state index in [1.807, 2.05) is 54.6 Å². The van der Waals surface area contributed by atoms with Gasteiger partial charge in [-0.1, -0.05) is 36.4 Å². The predicted molar refractivity (Wildman–Crippen MR) is 110 cm³/mol. The molecule has 1 amide bonds. The van der Waals surface area contributed by atoms with E-state index >= 15 is 0 Å². The highest BCUT2D eigenvalue weighted by Crippen LogP contribution is 2.19. The Hall–Kier alpha value is -4.00. The summed E-state index contributed by atoms with van der Waals surface area (Å²) >= 11 is 0. The summed E-state index contributed by atoms with van der Waals surface area (Å²) in [4.78, 5) is 22.6. The molecule has 0 aliphatic heterocycles. The van der Waals surface area contributed by atoms with E-state index in [2.05, 4.69) is 10.5 Å². The van der Waals surface area contributed by atoms with Crippen molar-refractivity contribution in [3.8, 4) is 5.75 Å². The minimum atomic E-state index is -0.521. The average molecular weight is 389 g/mol. The van der Waals surface area contributed by atoms with E-state index in [9.17, 15) is 14.9 Å². The lowest BCUT2D eigenvalue weighted by Crippen LogP contribution is -2.17. The number of carbonyl (C=O) groups is 1. The van der Waals surface area contributed by atoms with Crippen LogP contribution in [0, 0.1) is 17.0 Å². The van der Waals surface area contributed by atoms with Crippen LogP contribution < -0.4 is 10.2 Å². The lowest BCUT2D eigenvalue weighted by molar-refractivity contribution is -0.385. The highest BCUT2D eigenvalue weighted by atomic mass is 16.6. The summed E-state index contributed by atoms with van der Waals surface area (Å²) in [7, 11) is 0. The Labute approximate surface area is 167 Å². The van der Waals surface area contributed by atoms with Gasteiger partial charge in [0.1, 0.15) is 12.4 Å². The van der Waals surface area contributed by atoms with Gasteiger partial charge in [0, 0.05) is 17.2 Å². The normalized spacial score (nSPS) is 10.7. The summed E-state index contributed by atoms with van der Waals surface area (Å²) in [5.74, 6) is 0.203. The second kappa shape index (κ2) is 9.27. The minimum Gasteiger partial charge on any atom is -0.489 e. The molecule has 146 valence electrons. The van der Waals surface area contributed by atoms with Crippen LogP contribution in [-0.4, -0.2) is 17.0 Å². The Kier molecular flexibility index (Phi) is 6.32. The fourth-order valence-corrected chi connectivity index (χ4v) is 2.57. The first-order valence-electron chi connectivity index (χ1n) is 8.88. The number of amides is 1. The van der Waals surface area contributed by atoms with Gasteiger partial charge in [0.05, 0.1) is 11.1 Å². The molecule has 0 atom stereocenters. The molecule has 3 rings (SSSR count). The van der Waals surface area contributed by atoms with E-state index < -0.39 is 10.8 Å². The molecule has 0 aliphatic carbocycles. The Morgan fingerprint density at radius 2 is 1.83 bits per heavy atom. The van der Waals surface area contributed by atoms with Gasteiger partial charge in [-0.3, -0.25) is 14.9 Å². The van der Waals surface area contributed by atoms with Crippen molar-refractivity contribution >= 4 is 17.8 Å². The maximum atomic E-state index is 12.1. The van der Waals surface area contributed by atoms with Crippen molar-refractivity contribution in [3.63, 3.8) is 0 Å². The van der Waals surface area contributed by atoms with Gasteiger partial charge in [0.25, 0.3) is 11.6 Å². The molecule has 0 saturated heterocycles. The molecular weight excluding hydrogens is 370 g/mol. The standard InChI is InChI=1S/C22H19N3O4/c1-16-7-10-19(13-21(16)25(27)28)22(26)24-23-14-17-8-11-20(12-9-17)29-15-18-5-3-2-4-6-18/h2-14H,15H2,1H3,(H,24,26)/b23-14+. The van der Waals surface area contributed by atoms with E-state index in [1.54, 1.807) is 6.92 Å². The number of nitrogens with zero attached hydrogens (tertiary/aromatic N) is 2. The zero-order valence-corrected chi connectivity index (χ0v) is 15.7. The number of carbonyl (C=O) groups excluding carboxylic acids is 1. The molecule has 3 aromatic carbocycles. The maximum Gasteiger partial charge on any atom is 0.273 e. The third-order valence-corrected chi connectivity index (χ3v) is 4.18. The van der Waals surface area contributed by atoms with Crippen LogP contribution >= 0.6 is 0 Å². The molecule has 0 spiro atoms. The van der Waals surface area contributed by atoms with Gasteiger partial charge in [0.2, 0.25) is 0 Å². The number of nitro groups is 1. The Morgan fingerprint density at radius 1 is 1.10 bits per heavy atom. The second-order valence-corrected chi connectivity index (χ2v) is 6.30. The number of aryl methyl sites for hydroxylation is 1. The molecule has 0 radical (unpaired) electrons. The second-order valence-electron chi connectivity index (χ2n) is 6.30. The van der Waals surface area contributed by atoms with Crippen LogP contribution in [-0.2, 0) is 6.61 Å². The van der Waals surface area contributed by atoms with E-state index in [4.69, 9.17) is 4.74 Å². The number of nitro benzene ring substituents is 1. The fourth-order valence-electron chi connectivity index (χ4n) is 2.57. The zero-order chi connectivity index (χ0) is 20.6. The van der Waals surface area contributed by atoms with Gasteiger partial charge in [-0.25, -0.2) is 5.43 Å². The molecule has 1 N–H and O–H groups in total. The Balaban J connectivity index is 1.55. The predicted octanol–water partition coefficient (Wildman–Crippen LogP) is 4.25. The quantitative estimate of drug-likeness (QED) is 0.371. The number of benzene rings is 3. The lowest BCUT2D eigenvalue weighted by atomic mass is 10.1. The molecule has 0 saturated carbocycles. The van der Waals surface area contributed by atoms with Crippen molar-refractivity contribution < 1.29 is 14.5 Å². The first-order valence-corrected chi connectivity index (χ1v) is 8.88. The molecule has 29 heavy (non-hydrogen) atoms. The van der Waals surface area contributed by atoms with Crippen LogP contribution in [0.3, 0.4) is 0 Å². The monoisotopic (exact) mass is 389 g/mol. The van der Waals surface area contributed by atoms with Crippen LogP contribution in [0.2, 0.25) is 0 Å². The van der Waals surface area contributed by atoms with Crippen molar-refractivity contribution in [2.45, 2.75) is 13.5 Å². The molecule has 7 nitrogen and oxygen atoms in total. The van der Waals surface area contributed by atoms with E-state index in [1.165, 1.54) is 24.4 Å². The fraction of sp³-hybridized carbons (Fsp3) is 0.0909. The highest BCUT2D eigenvalue weighted by molar-refractivity contribution is 5.95. The van der Waals surface area contributed by atoms with Crippen molar-refractivity contribution in [2.24, 2.45) is 5.10 Å². The molecular formula is C22H19N3O4. The maximum absolute atomic E-state index is 12.1. The van der Waals surface area contributed by atoms with Gasteiger partial charge < -0.3 is 4.74 Å². The van der Waals surface area contributed by atoms with Crippen LogP contribution in [0.5, 0.6) is 5.75 Å². The number of nitrogens with one attached hydrogen (secondary N) is 1. The number of hydrazone groups is 1. The lowest BCUT2D eigenvalue weighted by Gasteiger charge is -2.06. The van der Waals surface area contributed by atoms with Gasteiger partial charge in [-0.15, -0.1) is 0 Å². The molecule has 3 aromatic rings. The number of rotatable bonds is 7. The van der Waals surface area contributed by atoms with Gasteiger partial charge in [-0.05, 0) is 48.4 Å². The summed E-state index contributed by atoms with van der Waals surface area (Å²) < 4.78 is 5.72. The van der Waals surface area contributed by atoms with E-state index in [0.29, 0.717) is 12.2 Å². The average Bonchev–Trinajstić information content (AvgIpc) is 2.74. The molecule has 0 bridgehead atoms. The highest BCUT2D eigenvalue weighted by Gasteiger charge is 2.14. The number of ether oxygens (including phenoxy) is 1. The molecule has 7 heteroatoms. The Morgan fingerprint density at radius 3 is 2.52 bits per heavy atom. The van der Waals surface area contributed by atoms with Crippen LogP contribution in [0.4, 0.5) is 5.69 Å². The van der Waals surface area contributed by atoms with Crippen molar-refractivity contribution in [1.82, 2.24) is 5.43 Å². The minimum absolute atomic E-state index is 0.104. The summed E-state index contributed by atoms with van der Waals surface area (Å²) in [5.41, 5.74) is 4.78. The zero-order valence-electron chi connectivity index (χ0n) is 15.7. The van der Waals surface area contributed by atoms with Crippen LogP contribution in [0.15, 0.2) is 77.9 Å².